The molecule has 0 spiro atoms. The summed E-state index contributed by atoms with van der Waals surface area (Å²) in [5.74, 6) is -0.454. The number of carbonyl (C=O) groups is 1. The second kappa shape index (κ2) is 5.54. The molecule has 1 aromatic heterocycles. The molecule has 19 heavy (non-hydrogen) atoms. The van der Waals surface area contributed by atoms with Crippen molar-refractivity contribution in [2.24, 2.45) is 11.5 Å². The van der Waals surface area contributed by atoms with Gasteiger partial charge in [0.25, 0.3) is 0 Å². The second-order valence-electron chi connectivity index (χ2n) is 4.37. The van der Waals surface area contributed by atoms with Crippen molar-refractivity contribution in [3.8, 4) is 0 Å². The Labute approximate surface area is 116 Å². The highest BCUT2D eigenvalue weighted by atomic mass is 32.1. The first kappa shape index (κ1) is 13.8. The van der Waals surface area contributed by atoms with E-state index in [4.69, 9.17) is 16.2 Å². The number of nitrogens with two attached hydrogens (primary N) is 2. The summed E-state index contributed by atoms with van der Waals surface area (Å²) in [6, 6.07) is 0. The number of ether oxygens (including phenoxy) is 1. The Morgan fingerprint density at radius 1 is 1.58 bits per heavy atom. The third-order valence-electron chi connectivity index (χ3n) is 3.02. The van der Waals surface area contributed by atoms with Crippen LogP contribution in [0.15, 0.2) is 35.0 Å². The summed E-state index contributed by atoms with van der Waals surface area (Å²) in [5.41, 5.74) is 11.7. The highest BCUT2D eigenvalue weighted by Gasteiger charge is 2.42. The van der Waals surface area contributed by atoms with Crippen LogP contribution in [-0.4, -0.2) is 17.5 Å². The van der Waals surface area contributed by atoms with Crippen LogP contribution in [0.2, 0.25) is 0 Å². The van der Waals surface area contributed by atoms with Gasteiger partial charge in [0, 0.05) is 35.9 Å². The van der Waals surface area contributed by atoms with Crippen LogP contribution in [0.5, 0.6) is 0 Å². The number of hydrogen-bond acceptors (Lipinski definition) is 5. The molecule has 1 atom stereocenters. The molecule has 1 amide bonds. The molecule has 2 rings (SSSR count). The lowest BCUT2D eigenvalue weighted by Gasteiger charge is -2.34. The average Bonchev–Trinajstić information content (AvgIpc) is 2.92. The number of amides is 1. The van der Waals surface area contributed by atoms with Crippen LogP contribution in [0.1, 0.15) is 24.8 Å². The number of allylic oxidation sites excluding steroid dienone is 2. The molecule has 5 nitrogen and oxygen atoms in total. The number of thiazole rings is 1. The number of rotatable bonds is 5. The molecule has 4 N–H and O–H groups in total. The summed E-state index contributed by atoms with van der Waals surface area (Å²) in [5, 5.41) is 2.61. The van der Waals surface area contributed by atoms with E-state index in [2.05, 4.69) is 4.98 Å². The van der Waals surface area contributed by atoms with Gasteiger partial charge in [0.1, 0.15) is 5.01 Å². The van der Waals surface area contributed by atoms with Gasteiger partial charge in [-0.05, 0) is 12.5 Å². The van der Waals surface area contributed by atoms with Crippen LogP contribution in [-0.2, 0) is 15.1 Å². The van der Waals surface area contributed by atoms with E-state index in [-0.39, 0.29) is 0 Å². The molecule has 0 saturated heterocycles. The monoisotopic (exact) mass is 279 g/mol. The Bertz CT molecular complexity index is 522. The van der Waals surface area contributed by atoms with Crippen LogP contribution in [0, 0.1) is 0 Å². The van der Waals surface area contributed by atoms with E-state index in [0.29, 0.717) is 24.3 Å². The van der Waals surface area contributed by atoms with Gasteiger partial charge in [0.2, 0.25) is 5.91 Å². The van der Waals surface area contributed by atoms with Crippen LogP contribution in [0.25, 0.3) is 0 Å². The number of carbonyl (C=O) groups excluding carboxylic acids is 1. The van der Waals surface area contributed by atoms with Crippen LogP contribution < -0.4 is 11.5 Å². The lowest BCUT2D eigenvalue weighted by atomic mass is 9.86. The van der Waals surface area contributed by atoms with Gasteiger partial charge in [-0.2, -0.15) is 0 Å². The number of nitrogens with zero attached hydrogens (tertiary/aromatic N) is 1. The van der Waals surface area contributed by atoms with Crippen molar-refractivity contribution < 1.29 is 9.53 Å². The van der Waals surface area contributed by atoms with Gasteiger partial charge in [-0.15, -0.1) is 11.3 Å². The summed E-state index contributed by atoms with van der Waals surface area (Å²) in [6.07, 6.45) is 6.22. The zero-order valence-electron chi connectivity index (χ0n) is 10.8. The largest absolute Gasteiger partial charge is 0.399 e. The predicted octanol–water partition coefficient (Wildman–Crippen LogP) is 1.42. The molecule has 1 aliphatic carbocycles. The summed E-state index contributed by atoms with van der Waals surface area (Å²) in [4.78, 5) is 15.7. The van der Waals surface area contributed by atoms with Gasteiger partial charge in [-0.3, -0.25) is 4.79 Å². The fourth-order valence-corrected chi connectivity index (χ4v) is 2.83. The molecule has 1 unspecified atom stereocenters. The topological polar surface area (TPSA) is 91.2 Å². The van der Waals surface area contributed by atoms with E-state index in [1.54, 1.807) is 18.3 Å². The van der Waals surface area contributed by atoms with Crippen molar-refractivity contribution in [1.29, 1.82) is 0 Å². The van der Waals surface area contributed by atoms with Crippen molar-refractivity contribution in [3.05, 3.63) is 40.0 Å². The lowest BCUT2D eigenvalue weighted by Crippen LogP contribution is -2.39. The van der Waals surface area contributed by atoms with Crippen LogP contribution >= 0.6 is 11.3 Å². The van der Waals surface area contributed by atoms with Gasteiger partial charge in [-0.1, -0.05) is 13.0 Å². The van der Waals surface area contributed by atoms with Crippen molar-refractivity contribution >= 4 is 17.2 Å². The first-order valence-electron chi connectivity index (χ1n) is 6.10. The van der Waals surface area contributed by atoms with Gasteiger partial charge in [0.15, 0.2) is 5.60 Å². The smallest absolute Gasteiger partial charge is 0.244 e. The van der Waals surface area contributed by atoms with Crippen molar-refractivity contribution in [2.75, 3.05) is 6.61 Å². The zero-order valence-corrected chi connectivity index (χ0v) is 11.6. The van der Waals surface area contributed by atoms with E-state index in [0.717, 1.165) is 11.4 Å². The van der Waals surface area contributed by atoms with E-state index >= 15 is 0 Å². The third-order valence-corrected chi connectivity index (χ3v) is 3.93. The number of hydrogen-bond donors (Lipinski definition) is 2. The SMILES string of the molecule is CCCOC1(c2nccs2)CC(C(N)=O)=CC=C1N. The molecule has 0 saturated carbocycles. The van der Waals surface area contributed by atoms with Crippen molar-refractivity contribution in [2.45, 2.75) is 25.4 Å². The highest BCUT2D eigenvalue weighted by molar-refractivity contribution is 7.09. The van der Waals surface area contributed by atoms with Crippen LogP contribution in [0.4, 0.5) is 0 Å². The number of aromatic nitrogens is 1. The number of primary amides is 1. The zero-order chi connectivity index (χ0) is 13.9. The van der Waals surface area contributed by atoms with Gasteiger partial charge >= 0.3 is 0 Å². The average molecular weight is 279 g/mol. The molecular weight excluding hydrogens is 262 g/mol. The minimum Gasteiger partial charge on any atom is -0.399 e. The minimum absolute atomic E-state index is 0.332. The minimum atomic E-state index is -0.858. The third kappa shape index (κ3) is 2.54. The molecule has 6 heteroatoms. The predicted molar refractivity (Wildman–Crippen MR) is 74.2 cm³/mol. The maximum absolute atomic E-state index is 11.4. The Balaban J connectivity index is 2.42. The van der Waals surface area contributed by atoms with Gasteiger partial charge in [0.05, 0.1) is 0 Å². The van der Waals surface area contributed by atoms with Gasteiger partial charge in [-0.25, -0.2) is 4.98 Å². The van der Waals surface area contributed by atoms with Crippen LogP contribution in [0.3, 0.4) is 0 Å². The fourth-order valence-electron chi connectivity index (χ4n) is 2.02. The maximum atomic E-state index is 11.4. The standard InChI is InChI=1S/C13H17N3O2S/c1-2-6-18-13(12-16-5-7-19-12)8-9(11(15)17)3-4-10(13)14/h3-5,7H,2,6,8,14H2,1H3,(H2,15,17). The molecule has 1 heterocycles. The van der Waals surface area contributed by atoms with E-state index in [9.17, 15) is 4.79 Å². The molecule has 0 bridgehead atoms. The molecule has 0 aliphatic heterocycles. The first-order valence-corrected chi connectivity index (χ1v) is 6.98. The van der Waals surface area contributed by atoms with E-state index < -0.39 is 11.5 Å². The lowest BCUT2D eigenvalue weighted by molar-refractivity contribution is -0.115. The molecule has 0 aromatic carbocycles. The fraction of sp³-hybridized carbons (Fsp3) is 0.385. The first-order chi connectivity index (χ1) is 9.10. The molecule has 0 radical (unpaired) electrons. The summed E-state index contributed by atoms with van der Waals surface area (Å²) < 4.78 is 5.96. The Morgan fingerprint density at radius 3 is 2.95 bits per heavy atom. The maximum Gasteiger partial charge on any atom is 0.244 e. The second-order valence-corrected chi connectivity index (χ2v) is 5.26. The summed E-state index contributed by atoms with van der Waals surface area (Å²) in [7, 11) is 0. The Hall–Kier alpha value is -1.66. The Morgan fingerprint density at radius 2 is 2.37 bits per heavy atom. The summed E-state index contributed by atoms with van der Waals surface area (Å²) in [6.45, 7) is 2.56. The normalized spacial score (nSPS) is 22.8. The van der Waals surface area contributed by atoms with Gasteiger partial charge < -0.3 is 16.2 Å². The molecule has 102 valence electrons. The Kier molecular flexibility index (Phi) is 4.01. The summed E-state index contributed by atoms with van der Waals surface area (Å²) >= 11 is 1.46. The van der Waals surface area contributed by atoms with E-state index in [1.165, 1.54) is 11.3 Å². The molecule has 1 aliphatic rings. The molecule has 1 aromatic rings. The van der Waals surface area contributed by atoms with E-state index in [1.807, 2.05) is 12.3 Å². The highest BCUT2D eigenvalue weighted by Crippen LogP contribution is 2.40. The molecular formula is C13H17N3O2S. The molecule has 0 fully saturated rings. The van der Waals surface area contributed by atoms with Crippen molar-refractivity contribution in [3.63, 3.8) is 0 Å². The quantitative estimate of drug-likeness (QED) is 0.852. The van der Waals surface area contributed by atoms with Crippen molar-refractivity contribution in [1.82, 2.24) is 4.98 Å².